The summed E-state index contributed by atoms with van der Waals surface area (Å²) in [7, 11) is 1.88. The minimum Gasteiger partial charge on any atom is -0.387 e. The third kappa shape index (κ3) is 2.15. The average molecular weight is 158 g/mol. The lowest BCUT2D eigenvalue weighted by atomic mass is 10.0. The summed E-state index contributed by atoms with van der Waals surface area (Å²) in [5, 5.41) is 12.9. The number of likely N-dealkylation sites (tertiary alicyclic amines) is 1. The smallest absolute Gasteiger partial charge is 0.0909 e. The SMILES string of the molecule is CCN1CCC(O)(CNC)C1. The van der Waals surface area contributed by atoms with Crippen LogP contribution in [-0.2, 0) is 0 Å². The second-order valence-electron chi connectivity index (χ2n) is 3.37. The number of nitrogens with one attached hydrogen (secondary N) is 1. The van der Waals surface area contributed by atoms with E-state index in [-0.39, 0.29) is 0 Å². The Morgan fingerprint density at radius 1 is 1.64 bits per heavy atom. The zero-order chi connectivity index (χ0) is 8.32. The van der Waals surface area contributed by atoms with Crippen LogP contribution in [0.25, 0.3) is 0 Å². The van der Waals surface area contributed by atoms with E-state index >= 15 is 0 Å². The summed E-state index contributed by atoms with van der Waals surface area (Å²) >= 11 is 0. The van der Waals surface area contributed by atoms with E-state index in [2.05, 4.69) is 17.1 Å². The van der Waals surface area contributed by atoms with Crippen LogP contribution >= 0.6 is 0 Å². The summed E-state index contributed by atoms with van der Waals surface area (Å²) in [6.07, 6.45) is 0.904. The molecule has 1 aliphatic rings. The van der Waals surface area contributed by atoms with Crippen LogP contribution in [0.5, 0.6) is 0 Å². The first-order valence-electron chi connectivity index (χ1n) is 4.29. The van der Waals surface area contributed by atoms with Gasteiger partial charge in [0.25, 0.3) is 0 Å². The Morgan fingerprint density at radius 3 is 2.82 bits per heavy atom. The van der Waals surface area contributed by atoms with E-state index in [9.17, 15) is 5.11 Å². The molecule has 0 saturated carbocycles. The fourth-order valence-electron chi connectivity index (χ4n) is 1.68. The summed E-state index contributed by atoms with van der Waals surface area (Å²) in [6, 6.07) is 0. The van der Waals surface area contributed by atoms with Crippen molar-refractivity contribution in [1.29, 1.82) is 0 Å². The first-order chi connectivity index (χ1) is 5.20. The lowest BCUT2D eigenvalue weighted by molar-refractivity contribution is 0.0518. The first-order valence-corrected chi connectivity index (χ1v) is 4.29. The number of hydrogen-bond donors (Lipinski definition) is 2. The summed E-state index contributed by atoms with van der Waals surface area (Å²) in [5.41, 5.74) is -0.468. The quantitative estimate of drug-likeness (QED) is 0.590. The van der Waals surface area contributed by atoms with Crippen molar-refractivity contribution in [3.8, 4) is 0 Å². The fourth-order valence-corrected chi connectivity index (χ4v) is 1.68. The highest BCUT2D eigenvalue weighted by Crippen LogP contribution is 2.19. The molecule has 1 fully saturated rings. The normalized spacial score (nSPS) is 33.0. The van der Waals surface area contributed by atoms with Gasteiger partial charge in [0.1, 0.15) is 0 Å². The van der Waals surface area contributed by atoms with E-state index in [1.165, 1.54) is 0 Å². The Labute approximate surface area is 68.4 Å². The standard InChI is InChI=1S/C8H18N2O/c1-3-10-5-4-8(11,7-10)6-9-2/h9,11H,3-7H2,1-2H3. The monoisotopic (exact) mass is 158 g/mol. The molecule has 1 atom stereocenters. The molecule has 1 saturated heterocycles. The van der Waals surface area contributed by atoms with E-state index in [1.54, 1.807) is 0 Å². The Hall–Kier alpha value is -0.120. The topological polar surface area (TPSA) is 35.5 Å². The zero-order valence-electron chi connectivity index (χ0n) is 7.43. The molecule has 0 aromatic heterocycles. The highest BCUT2D eigenvalue weighted by atomic mass is 16.3. The number of likely N-dealkylation sites (N-methyl/N-ethyl adjacent to an activating group) is 2. The summed E-state index contributed by atoms with van der Waals surface area (Å²) in [4.78, 5) is 2.28. The second-order valence-corrected chi connectivity index (χ2v) is 3.37. The van der Waals surface area contributed by atoms with E-state index in [4.69, 9.17) is 0 Å². The number of nitrogens with zero attached hydrogens (tertiary/aromatic N) is 1. The van der Waals surface area contributed by atoms with Crippen molar-refractivity contribution in [1.82, 2.24) is 10.2 Å². The average Bonchev–Trinajstić information content (AvgIpc) is 2.33. The number of aliphatic hydroxyl groups is 1. The summed E-state index contributed by atoms with van der Waals surface area (Å²) in [5.74, 6) is 0. The van der Waals surface area contributed by atoms with Crippen LogP contribution in [-0.4, -0.2) is 48.8 Å². The predicted octanol–water partition coefficient (Wildman–Crippen LogP) is -0.337. The largest absolute Gasteiger partial charge is 0.387 e. The zero-order valence-corrected chi connectivity index (χ0v) is 7.43. The molecule has 0 amide bonds. The number of β-amino-alcohol motifs (C(OH)–C–C–N with tert-alkyl or cyclic N) is 1. The lowest BCUT2D eigenvalue weighted by Gasteiger charge is -2.22. The molecule has 1 aliphatic heterocycles. The molecule has 2 N–H and O–H groups in total. The lowest BCUT2D eigenvalue weighted by Crippen LogP contribution is -2.41. The van der Waals surface area contributed by atoms with Gasteiger partial charge in [0.05, 0.1) is 5.60 Å². The van der Waals surface area contributed by atoms with Crippen molar-refractivity contribution in [2.45, 2.75) is 18.9 Å². The highest BCUT2D eigenvalue weighted by molar-refractivity contribution is 4.90. The van der Waals surface area contributed by atoms with Crippen molar-refractivity contribution < 1.29 is 5.11 Å². The van der Waals surface area contributed by atoms with Crippen LogP contribution in [0.3, 0.4) is 0 Å². The van der Waals surface area contributed by atoms with Gasteiger partial charge in [-0.15, -0.1) is 0 Å². The molecule has 0 bridgehead atoms. The highest BCUT2D eigenvalue weighted by Gasteiger charge is 2.34. The molecule has 3 heteroatoms. The molecule has 0 spiro atoms. The van der Waals surface area contributed by atoms with Crippen LogP contribution < -0.4 is 5.32 Å². The molecule has 0 aromatic carbocycles. The van der Waals surface area contributed by atoms with E-state index < -0.39 is 5.60 Å². The van der Waals surface area contributed by atoms with Crippen molar-refractivity contribution in [3.05, 3.63) is 0 Å². The van der Waals surface area contributed by atoms with Crippen LogP contribution in [0.2, 0.25) is 0 Å². The molecule has 3 nitrogen and oxygen atoms in total. The number of hydrogen-bond acceptors (Lipinski definition) is 3. The molecule has 1 heterocycles. The van der Waals surface area contributed by atoms with Gasteiger partial charge < -0.3 is 15.3 Å². The van der Waals surface area contributed by atoms with Gasteiger partial charge in [-0.25, -0.2) is 0 Å². The first kappa shape index (κ1) is 8.97. The third-order valence-electron chi connectivity index (χ3n) is 2.36. The predicted molar refractivity (Wildman–Crippen MR) is 45.6 cm³/mol. The van der Waals surface area contributed by atoms with Crippen LogP contribution in [0.4, 0.5) is 0 Å². The van der Waals surface area contributed by atoms with Gasteiger partial charge in [0.15, 0.2) is 0 Å². The minimum absolute atomic E-state index is 0.468. The van der Waals surface area contributed by atoms with Crippen molar-refractivity contribution in [3.63, 3.8) is 0 Å². The van der Waals surface area contributed by atoms with Gasteiger partial charge in [-0.1, -0.05) is 6.92 Å². The van der Waals surface area contributed by atoms with Gasteiger partial charge in [0.2, 0.25) is 0 Å². The minimum atomic E-state index is -0.468. The Morgan fingerprint density at radius 2 is 2.36 bits per heavy atom. The Balaban J connectivity index is 2.37. The maximum absolute atomic E-state index is 9.89. The fraction of sp³-hybridized carbons (Fsp3) is 1.00. The van der Waals surface area contributed by atoms with Crippen molar-refractivity contribution in [2.24, 2.45) is 0 Å². The molecule has 1 unspecified atom stereocenters. The molecule has 66 valence electrons. The van der Waals surface area contributed by atoms with Crippen LogP contribution in [0.15, 0.2) is 0 Å². The Bertz CT molecular complexity index is 129. The maximum atomic E-state index is 9.89. The van der Waals surface area contributed by atoms with Gasteiger partial charge in [-0.3, -0.25) is 0 Å². The molecule has 1 rings (SSSR count). The molecule has 0 radical (unpaired) electrons. The van der Waals surface area contributed by atoms with Crippen LogP contribution in [0, 0.1) is 0 Å². The van der Waals surface area contributed by atoms with Gasteiger partial charge in [0, 0.05) is 19.6 Å². The van der Waals surface area contributed by atoms with Crippen molar-refractivity contribution >= 4 is 0 Å². The molecule has 11 heavy (non-hydrogen) atoms. The second kappa shape index (κ2) is 3.52. The summed E-state index contributed by atoms with van der Waals surface area (Å²) < 4.78 is 0. The third-order valence-corrected chi connectivity index (χ3v) is 2.36. The molecule has 0 aromatic rings. The maximum Gasteiger partial charge on any atom is 0.0909 e. The number of rotatable bonds is 3. The van der Waals surface area contributed by atoms with Gasteiger partial charge in [-0.2, -0.15) is 0 Å². The molecular weight excluding hydrogens is 140 g/mol. The van der Waals surface area contributed by atoms with E-state index in [0.29, 0.717) is 6.54 Å². The molecule has 0 aliphatic carbocycles. The van der Waals surface area contributed by atoms with Gasteiger partial charge >= 0.3 is 0 Å². The summed E-state index contributed by atoms with van der Waals surface area (Å²) in [6.45, 7) is 5.75. The van der Waals surface area contributed by atoms with E-state index in [1.807, 2.05) is 7.05 Å². The van der Waals surface area contributed by atoms with Crippen molar-refractivity contribution in [2.75, 3.05) is 33.2 Å². The van der Waals surface area contributed by atoms with Gasteiger partial charge in [-0.05, 0) is 20.0 Å². The Kier molecular flexibility index (Phi) is 2.87. The van der Waals surface area contributed by atoms with E-state index in [0.717, 1.165) is 26.1 Å². The van der Waals surface area contributed by atoms with Crippen LogP contribution in [0.1, 0.15) is 13.3 Å². The molecular formula is C8H18N2O.